The molecule has 0 aliphatic rings. The van der Waals surface area contributed by atoms with Crippen molar-refractivity contribution in [2.75, 3.05) is 12.5 Å². The summed E-state index contributed by atoms with van der Waals surface area (Å²) < 4.78 is 5.09. The summed E-state index contributed by atoms with van der Waals surface area (Å²) in [5, 5.41) is 4.60. The van der Waals surface area contributed by atoms with Gasteiger partial charge in [0.05, 0.1) is 12.8 Å². The summed E-state index contributed by atoms with van der Waals surface area (Å²) in [6.45, 7) is 1.50. The van der Waals surface area contributed by atoms with Gasteiger partial charge in [0.15, 0.2) is 10.8 Å². The molecule has 0 unspecified atom stereocenters. The van der Waals surface area contributed by atoms with E-state index in [2.05, 4.69) is 10.5 Å². The molecule has 0 spiro atoms. The quantitative estimate of drug-likeness (QED) is 0.395. The predicted molar refractivity (Wildman–Crippen MR) is 87.0 cm³/mol. The number of ether oxygens (including phenoxy) is 1. The number of methoxy groups -OCH3 is 1. The molecule has 2 aromatic carbocycles. The molecule has 0 radical (unpaired) electrons. The van der Waals surface area contributed by atoms with E-state index in [0.29, 0.717) is 5.04 Å². The van der Waals surface area contributed by atoms with E-state index in [1.165, 1.54) is 18.7 Å². The summed E-state index contributed by atoms with van der Waals surface area (Å²) in [6, 6.07) is 17.0. The highest BCUT2D eigenvalue weighted by Gasteiger charge is 2.08. The summed E-state index contributed by atoms with van der Waals surface area (Å²) in [6.07, 6.45) is 0. The van der Waals surface area contributed by atoms with Gasteiger partial charge in [-0.1, -0.05) is 30.0 Å². The molecule has 0 atom stereocenters. The fourth-order valence-electron chi connectivity index (χ4n) is 1.55. The Hall–Kier alpha value is -2.27. The van der Waals surface area contributed by atoms with Crippen molar-refractivity contribution in [2.45, 2.75) is 11.8 Å². The molecular formula is C16H16N2O2S. The lowest BCUT2D eigenvalue weighted by Gasteiger charge is -2.05. The molecule has 2 aromatic rings. The highest BCUT2D eigenvalue weighted by Crippen LogP contribution is 2.20. The van der Waals surface area contributed by atoms with E-state index in [1.807, 2.05) is 54.6 Å². The zero-order chi connectivity index (χ0) is 15.1. The molecule has 5 heteroatoms. The Bertz CT molecular complexity index is 624. The maximum atomic E-state index is 11.7. The van der Waals surface area contributed by atoms with Crippen molar-refractivity contribution in [3.05, 3.63) is 54.6 Å². The first-order valence-corrected chi connectivity index (χ1v) is 7.22. The van der Waals surface area contributed by atoms with E-state index < -0.39 is 0 Å². The number of hydrazone groups is 1. The van der Waals surface area contributed by atoms with E-state index in [0.717, 1.165) is 16.3 Å². The van der Waals surface area contributed by atoms with Gasteiger partial charge in [0.1, 0.15) is 5.75 Å². The molecule has 0 saturated heterocycles. The molecule has 1 N–H and O–H groups in total. The monoisotopic (exact) mass is 300 g/mol. The smallest absolute Gasteiger partial charge is 0.186 e. The Morgan fingerprint density at radius 2 is 1.76 bits per heavy atom. The second-order valence-electron chi connectivity index (χ2n) is 4.23. The van der Waals surface area contributed by atoms with Gasteiger partial charge in [-0.25, -0.2) is 0 Å². The molecule has 0 heterocycles. The fraction of sp³-hybridized carbons (Fsp3) is 0.125. The Labute approximate surface area is 128 Å². The zero-order valence-electron chi connectivity index (χ0n) is 11.9. The van der Waals surface area contributed by atoms with Gasteiger partial charge in [0.2, 0.25) is 0 Å². The minimum Gasteiger partial charge on any atom is -0.497 e. The molecule has 2 rings (SSSR count). The van der Waals surface area contributed by atoms with E-state index in [9.17, 15) is 4.79 Å². The number of thioether (sulfide) groups is 1. The highest BCUT2D eigenvalue weighted by atomic mass is 32.2. The van der Waals surface area contributed by atoms with Crippen molar-refractivity contribution in [1.82, 2.24) is 0 Å². The molecule has 0 amide bonds. The number of nitrogens with zero attached hydrogens (tertiary/aromatic N) is 1. The number of benzene rings is 2. The van der Waals surface area contributed by atoms with Crippen LogP contribution in [0.3, 0.4) is 0 Å². The second kappa shape index (κ2) is 7.50. The van der Waals surface area contributed by atoms with Crippen LogP contribution in [0.2, 0.25) is 0 Å². The second-order valence-corrected chi connectivity index (χ2v) is 5.29. The minimum absolute atomic E-state index is 0.0788. The van der Waals surface area contributed by atoms with Crippen LogP contribution in [0.4, 0.5) is 5.69 Å². The largest absolute Gasteiger partial charge is 0.497 e. The van der Waals surface area contributed by atoms with Crippen LogP contribution in [-0.4, -0.2) is 17.9 Å². The van der Waals surface area contributed by atoms with Crippen LogP contribution in [0.25, 0.3) is 0 Å². The Kier molecular flexibility index (Phi) is 5.40. The maximum absolute atomic E-state index is 11.7. The number of carbonyl (C=O) groups is 1. The van der Waals surface area contributed by atoms with Crippen LogP contribution in [0.1, 0.15) is 6.92 Å². The van der Waals surface area contributed by atoms with Crippen LogP contribution in [0, 0.1) is 0 Å². The van der Waals surface area contributed by atoms with Crippen LogP contribution in [0.15, 0.2) is 64.6 Å². The third kappa shape index (κ3) is 4.65. The van der Waals surface area contributed by atoms with Crippen LogP contribution in [0.5, 0.6) is 5.75 Å². The van der Waals surface area contributed by atoms with Gasteiger partial charge in [0.25, 0.3) is 0 Å². The molecule has 0 aliphatic heterocycles. The number of nitrogens with one attached hydrogen (secondary N) is 1. The van der Waals surface area contributed by atoms with Crippen molar-refractivity contribution in [2.24, 2.45) is 5.10 Å². The lowest BCUT2D eigenvalue weighted by atomic mass is 10.3. The first-order chi connectivity index (χ1) is 10.2. The summed E-state index contributed by atoms with van der Waals surface area (Å²) in [5.74, 6) is 0.694. The van der Waals surface area contributed by atoms with Crippen molar-refractivity contribution in [3.8, 4) is 5.75 Å². The van der Waals surface area contributed by atoms with Gasteiger partial charge in [-0.15, -0.1) is 0 Å². The number of Topliss-reactive ketones (excluding diaryl/α,β-unsaturated/α-hetero) is 1. The molecule has 21 heavy (non-hydrogen) atoms. The van der Waals surface area contributed by atoms with Crippen LogP contribution >= 0.6 is 11.8 Å². The molecule has 0 fully saturated rings. The summed E-state index contributed by atoms with van der Waals surface area (Å²) in [7, 11) is 1.62. The lowest BCUT2D eigenvalue weighted by molar-refractivity contribution is -0.110. The van der Waals surface area contributed by atoms with E-state index >= 15 is 0 Å². The first-order valence-electron chi connectivity index (χ1n) is 6.40. The summed E-state index contributed by atoms with van der Waals surface area (Å²) >= 11 is 1.34. The summed E-state index contributed by atoms with van der Waals surface area (Å²) in [5.41, 5.74) is 3.68. The third-order valence-corrected chi connectivity index (χ3v) is 3.72. The minimum atomic E-state index is -0.0788. The van der Waals surface area contributed by atoms with Crippen LogP contribution in [-0.2, 0) is 4.79 Å². The molecule has 0 bridgehead atoms. The van der Waals surface area contributed by atoms with Gasteiger partial charge in [-0.2, -0.15) is 5.10 Å². The SMILES string of the molecule is COc1ccc(NN=C(Sc2ccccc2)C(C)=O)cc1. The highest BCUT2D eigenvalue weighted by molar-refractivity contribution is 8.15. The number of hydrogen-bond donors (Lipinski definition) is 1. The number of hydrogen-bond acceptors (Lipinski definition) is 5. The number of ketones is 1. The van der Waals surface area contributed by atoms with Crippen molar-refractivity contribution in [1.29, 1.82) is 0 Å². The topological polar surface area (TPSA) is 50.7 Å². The third-order valence-electron chi connectivity index (χ3n) is 2.64. The number of carbonyl (C=O) groups excluding carboxylic acids is 1. The molecular weight excluding hydrogens is 284 g/mol. The van der Waals surface area contributed by atoms with Gasteiger partial charge in [-0.3, -0.25) is 10.2 Å². The van der Waals surface area contributed by atoms with E-state index in [4.69, 9.17) is 4.74 Å². The number of anilines is 1. The molecule has 0 aliphatic carbocycles. The Morgan fingerprint density at radius 3 is 2.33 bits per heavy atom. The van der Waals surface area contributed by atoms with Crippen molar-refractivity contribution < 1.29 is 9.53 Å². The van der Waals surface area contributed by atoms with Crippen LogP contribution < -0.4 is 10.2 Å². The van der Waals surface area contributed by atoms with Gasteiger partial charge in [-0.05, 0) is 36.4 Å². The molecule has 0 aromatic heterocycles. The molecule has 108 valence electrons. The van der Waals surface area contributed by atoms with Gasteiger partial charge in [0, 0.05) is 11.8 Å². The maximum Gasteiger partial charge on any atom is 0.186 e. The predicted octanol–water partition coefficient (Wildman–Crippen LogP) is 3.80. The van der Waals surface area contributed by atoms with Gasteiger partial charge < -0.3 is 4.74 Å². The summed E-state index contributed by atoms with van der Waals surface area (Å²) in [4.78, 5) is 12.6. The average Bonchev–Trinajstić information content (AvgIpc) is 2.52. The Balaban J connectivity index is 2.08. The van der Waals surface area contributed by atoms with E-state index in [1.54, 1.807) is 7.11 Å². The lowest BCUT2D eigenvalue weighted by Crippen LogP contribution is -2.08. The molecule has 0 saturated carbocycles. The van der Waals surface area contributed by atoms with Crippen molar-refractivity contribution >= 4 is 28.3 Å². The standard InChI is InChI=1S/C16H16N2O2S/c1-12(19)16(21-15-6-4-3-5-7-15)18-17-13-8-10-14(20-2)11-9-13/h3-11,17H,1-2H3. The molecule has 4 nitrogen and oxygen atoms in total. The average molecular weight is 300 g/mol. The van der Waals surface area contributed by atoms with E-state index in [-0.39, 0.29) is 5.78 Å². The van der Waals surface area contributed by atoms with Crippen molar-refractivity contribution in [3.63, 3.8) is 0 Å². The first kappa shape index (κ1) is 15.1. The normalized spacial score (nSPS) is 11.0. The fourth-order valence-corrected chi connectivity index (χ4v) is 2.31. The van der Waals surface area contributed by atoms with Gasteiger partial charge >= 0.3 is 0 Å². The Morgan fingerprint density at radius 1 is 1.10 bits per heavy atom. The zero-order valence-corrected chi connectivity index (χ0v) is 12.7. The number of rotatable bonds is 5.